The lowest BCUT2D eigenvalue weighted by molar-refractivity contribution is -0.156. The van der Waals surface area contributed by atoms with Crippen molar-refractivity contribution >= 4 is 11.9 Å². The second-order valence-corrected chi connectivity index (χ2v) is 8.43. The van der Waals surface area contributed by atoms with E-state index in [0.29, 0.717) is 11.8 Å². The highest BCUT2D eigenvalue weighted by Gasteiger charge is 2.32. The van der Waals surface area contributed by atoms with Gasteiger partial charge < -0.3 is 19.7 Å². The second kappa shape index (κ2) is 11.0. The Bertz CT molecular complexity index is 437. The summed E-state index contributed by atoms with van der Waals surface area (Å²) in [4.78, 5) is 22.1. The van der Waals surface area contributed by atoms with Crippen molar-refractivity contribution in [2.45, 2.75) is 109 Å². The Kier molecular flexibility index (Phi) is 9.03. The molecule has 0 aliphatic heterocycles. The van der Waals surface area contributed by atoms with Gasteiger partial charge in [-0.25, -0.2) is 0 Å². The van der Waals surface area contributed by atoms with Gasteiger partial charge in [-0.2, -0.15) is 0 Å². The Morgan fingerprint density at radius 2 is 1.15 bits per heavy atom. The van der Waals surface area contributed by atoms with Gasteiger partial charge in [0.1, 0.15) is 12.2 Å². The number of aliphatic hydroxyl groups is 2. The molecule has 2 N–H and O–H groups in total. The molecule has 0 spiro atoms. The maximum atomic E-state index is 11.0. The van der Waals surface area contributed by atoms with E-state index in [2.05, 4.69) is 0 Å². The van der Waals surface area contributed by atoms with Crippen molar-refractivity contribution in [1.29, 1.82) is 0 Å². The monoisotopic (exact) mass is 384 g/mol. The van der Waals surface area contributed by atoms with Crippen molar-refractivity contribution in [3.05, 3.63) is 0 Å². The minimum Gasteiger partial charge on any atom is -0.460 e. The number of hydrogen-bond acceptors (Lipinski definition) is 6. The maximum absolute atomic E-state index is 11.0. The average Bonchev–Trinajstić information content (AvgIpc) is 2.58. The molecular formula is C21H36O6. The summed E-state index contributed by atoms with van der Waals surface area (Å²) in [7, 11) is 0. The van der Waals surface area contributed by atoms with Gasteiger partial charge in [0.2, 0.25) is 0 Å². The van der Waals surface area contributed by atoms with Gasteiger partial charge in [0.25, 0.3) is 0 Å². The first-order valence-corrected chi connectivity index (χ1v) is 10.6. The predicted octanol–water partition coefficient (Wildman–Crippen LogP) is 3.12. The summed E-state index contributed by atoms with van der Waals surface area (Å²) in [5, 5.41) is 20.3. The molecule has 27 heavy (non-hydrogen) atoms. The zero-order chi connectivity index (χ0) is 19.8. The number of esters is 2. The number of carbonyl (C=O) groups excluding carboxylic acids is 2. The molecule has 156 valence electrons. The lowest BCUT2D eigenvalue weighted by atomic mass is 9.81. The standard InChI is InChI=1S/C21H36O6/c1-14(22)26-20-10-8-16(12-18(20)24)6-4-3-5-7-17-9-11-21(19(25)13-17)27-15(2)23/h16-21,24-25H,3-13H2,1-2H3. The molecule has 6 atom stereocenters. The molecule has 6 nitrogen and oxygen atoms in total. The van der Waals surface area contributed by atoms with Gasteiger partial charge >= 0.3 is 11.9 Å². The molecule has 2 aliphatic rings. The lowest BCUT2D eigenvalue weighted by Crippen LogP contribution is -2.37. The predicted molar refractivity (Wildman–Crippen MR) is 101 cm³/mol. The molecule has 2 aliphatic carbocycles. The van der Waals surface area contributed by atoms with E-state index in [1.807, 2.05) is 0 Å². The number of carbonyl (C=O) groups is 2. The van der Waals surface area contributed by atoms with Crippen LogP contribution in [0, 0.1) is 11.8 Å². The molecule has 2 saturated carbocycles. The molecule has 2 fully saturated rings. The zero-order valence-electron chi connectivity index (χ0n) is 16.8. The third kappa shape index (κ3) is 7.78. The van der Waals surface area contributed by atoms with Crippen molar-refractivity contribution < 1.29 is 29.3 Å². The zero-order valence-corrected chi connectivity index (χ0v) is 16.8. The van der Waals surface area contributed by atoms with Crippen molar-refractivity contribution in [2.24, 2.45) is 11.8 Å². The van der Waals surface area contributed by atoms with Crippen LogP contribution in [-0.4, -0.2) is 46.6 Å². The van der Waals surface area contributed by atoms with Gasteiger partial charge in [0.05, 0.1) is 12.2 Å². The molecule has 0 aromatic heterocycles. The van der Waals surface area contributed by atoms with Crippen molar-refractivity contribution in [3.63, 3.8) is 0 Å². The number of aliphatic hydroxyl groups excluding tert-OH is 2. The van der Waals surface area contributed by atoms with Crippen LogP contribution in [0.5, 0.6) is 0 Å². The highest BCUT2D eigenvalue weighted by molar-refractivity contribution is 5.66. The van der Waals surface area contributed by atoms with E-state index in [9.17, 15) is 19.8 Å². The molecule has 0 amide bonds. The minimum absolute atomic E-state index is 0.315. The molecule has 2 rings (SSSR count). The van der Waals surface area contributed by atoms with Crippen molar-refractivity contribution in [1.82, 2.24) is 0 Å². The van der Waals surface area contributed by atoms with E-state index >= 15 is 0 Å². The van der Waals surface area contributed by atoms with E-state index in [1.165, 1.54) is 20.3 Å². The van der Waals surface area contributed by atoms with E-state index in [4.69, 9.17) is 9.47 Å². The SMILES string of the molecule is CC(=O)OC1CCC(CCCCCC2CCC(OC(C)=O)C(O)C2)CC1O. The number of hydrogen-bond donors (Lipinski definition) is 2. The van der Waals surface area contributed by atoms with E-state index in [1.54, 1.807) is 0 Å². The molecule has 0 bridgehead atoms. The van der Waals surface area contributed by atoms with Crippen molar-refractivity contribution in [3.8, 4) is 0 Å². The molecular weight excluding hydrogens is 348 g/mol. The first kappa shape index (κ1) is 22.2. The summed E-state index contributed by atoms with van der Waals surface area (Å²) in [5.74, 6) is 0.412. The van der Waals surface area contributed by atoms with E-state index in [-0.39, 0.29) is 24.1 Å². The Balaban J connectivity index is 1.54. The summed E-state index contributed by atoms with van der Waals surface area (Å²) < 4.78 is 10.3. The fourth-order valence-corrected chi connectivity index (χ4v) is 4.68. The smallest absolute Gasteiger partial charge is 0.302 e. The molecule has 6 heteroatoms. The van der Waals surface area contributed by atoms with Gasteiger partial charge in [-0.05, 0) is 50.4 Å². The van der Waals surface area contributed by atoms with Crippen LogP contribution in [-0.2, 0) is 19.1 Å². The van der Waals surface area contributed by atoms with Crippen LogP contribution >= 0.6 is 0 Å². The van der Waals surface area contributed by atoms with Crippen LogP contribution in [0.15, 0.2) is 0 Å². The molecule has 6 unspecified atom stereocenters. The molecule has 0 aromatic rings. The molecule has 0 aromatic carbocycles. The quantitative estimate of drug-likeness (QED) is 0.493. The third-order valence-electron chi connectivity index (χ3n) is 6.09. The molecule has 0 radical (unpaired) electrons. The first-order valence-electron chi connectivity index (χ1n) is 10.6. The largest absolute Gasteiger partial charge is 0.460 e. The van der Waals surface area contributed by atoms with Gasteiger partial charge in [-0.15, -0.1) is 0 Å². The Morgan fingerprint density at radius 1 is 0.741 bits per heavy atom. The molecule has 0 saturated heterocycles. The van der Waals surface area contributed by atoms with E-state index in [0.717, 1.165) is 64.2 Å². The number of rotatable bonds is 8. The van der Waals surface area contributed by atoms with Crippen LogP contribution in [0.2, 0.25) is 0 Å². The summed E-state index contributed by atoms with van der Waals surface area (Å²) >= 11 is 0. The minimum atomic E-state index is -0.526. The normalized spacial score (nSPS) is 34.1. The molecule has 0 heterocycles. The summed E-state index contributed by atoms with van der Waals surface area (Å²) in [6.07, 6.45) is 9.00. The van der Waals surface area contributed by atoms with Gasteiger partial charge in [-0.1, -0.05) is 32.1 Å². The summed E-state index contributed by atoms with van der Waals surface area (Å²) in [5.41, 5.74) is 0. The summed E-state index contributed by atoms with van der Waals surface area (Å²) in [6.45, 7) is 2.78. The van der Waals surface area contributed by atoms with Crippen LogP contribution < -0.4 is 0 Å². The maximum Gasteiger partial charge on any atom is 0.302 e. The fraction of sp³-hybridized carbons (Fsp3) is 0.905. The van der Waals surface area contributed by atoms with E-state index < -0.39 is 12.2 Å². The Morgan fingerprint density at radius 3 is 1.48 bits per heavy atom. The van der Waals surface area contributed by atoms with Gasteiger partial charge in [-0.3, -0.25) is 9.59 Å². The Hall–Kier alpha value is -1.14. The second-order valence-electron chi connectivity index (χ2n) is 8.43. The number of ether oxygens (including phenoxy) is 2. The topological polar surface area (TPSA) is 93.1 Å². The van der Waals surface area contributed by atoms with Gasteiger partial charge in [0.15, 0.2) is 0 Å². The fourth-order valence-electron chi connectivity index (χ4n) is 4.68. The summed E-state index contributed by atoms with van der Waals surface area (Å²) in [6, 6.07) is 0. The number of unbranched alkanes of at least 4 members (excludes halogenated alkanes) is 2. The highest BCUT2D eigenvalue weighted by atomic mass is 16.6. The van der Waals surface area contributed by atoms with Crippen LogP contribution in [0.3, 0.4) is 0 Å². The lowest BCUT2D eigenvalue weighted by Gasteiger charge is -2.33. The first-order chi connectivity index (χ1) is 12.8. The third-order valence-corrected chi connectivity index (χ3v) is 6.09. The average molecular weight is 385 g/mol. The van der Waals surface area contributed by atoms with Crippen LogP contribution in [0.25, 0.3) is 0 Å². The van der Waals surface area contributed by atoms with Crippen LogP contribution in [0.1, 0.15) is 84.5 Å². The van der Waals surface area contributed by atoms with Gasteiger partial charge in [0, 0.05) is 13.8 Å². The van der Waals surface area contributed by atoms with Crippen molar-refractivity contribution in [2.75, 3.05) is 0 Å². The highest BCUT2D eigenvalue weighted by Crippen LogP contribution is 2.32. The Labute approximate surface area is 162 Å². The van der Waals surface area contributed by atoms with Crippen LogP contribution in [0.4, 0.5) is 0 Å².